The molecule has 3 unspecified atom stereocenters. The van der Waals surface area contributed by atoms with Crippen molar-refractivity contribution in [3.63, 3.8) is 0 Å². The smallest absolute Gasteiger partial charge is 0.161 e. The van der Waals surface area contributed by atoms with Gasteiger partial charge in [0.2, 0.25) is 0 Å². The molecule has 3 rings (SSSR count). The van der Waals surface area contributed by atoms with Gasteiger partial charge in [-0.05, 0) is 54.3 Å². The predicted octanol–water partition coefficient (Wildman–Crippen LogP) is 3.03. The Morgan fingerprint density at radius 1 is 1.43 bits per heavy atom. The summed E-state index contributed by atoms with van der Waals surface area (Å²) in [5.74, 6) is -2.27. The van der Waals surface area contributed by atoms with Crippen molar-refractivity contribution in [3.05, 3.63) is 23.2 Å². The molecule has 4 nitrogen and oxygen atoms in total. The third-order valence-corrected chi connectivity index (χ3v) is 4.17. The molecule has 2 aliphatic heterocycles. The first kappa shape index (κ1) is 7.75. The van der Waals surface area contributed by atoms with Gasteiger partial charge >= 0.3 is 0 Å². The molecular weight excluding hydrogens is 290 g/mol. The number of fused-ring (bicyclic) bond motifs is 3. The molecule has 2 heterocycles. The van der Waals surface area contributed by atoms with E-state index in [9.17, 15) is 5.11 Å². The molecule has 1 N–H and O–H groups in total. The van der Waals surface area contributed by atoms with E-state index < -0.39 is 73.6 Å². The van der Waals surface area contributed by atoms with E-state index in [1.165, 1.54) is 0 Å². The van der Waals surface area contributed by atoms with E-state index in [-0.39, 0.29) is 24.3 Å². The van der Waals surface area contributed by atoms with Crippen molar-refractivity contribution >= 4 is 0 Å². The fourth-order valence-corrected chi connectivity index (χ4v) is 3.09. The number of ether oxygens (including phenoxy) is 2. The molecule has 0 aromatic heterocycles. The number of piperidine rings is 1. The molecule has 1 aromatic rings. The maximum atomic E-state index is 10.9. The Labute approximate surface area is 154 Å². The standard InChI is InChI=1S/C19H29NO3/c1-12(2)7-14-11-20-6-5-13-8-18(22-3)19(23-4)9-15(13)16(20)10-17(14)21/h8-9,12,14,16-17,21H,5-7,10-11H2,1-4H3/i4D3,5D2,6D2,8D,9D,11D2. The molecular formula is C19H29NO3. The number of aliphatic hydroxyl groups excluding tert-OH is 1. The minimum absolute atomic E-state index is 0.0406. The van der Waals surface area contributed by atoms with Crippen LogP contribution in [0.25, 0.3) is 0 Å². The molecule has 0 saturated carbocycles. The van der Waals surface area contributed by atoms with E-state index in [2.05, 4.69) is 0 Å². The number of hydrogen-bond donors (Lipinski definition) is 1. The maximum absolute atomic E-state index is 10.9. The molecule has 0 aliphatic carbocycles. The van der Waals surface area contributed by atoms with Crippen LogP contribution >= 0.6 is 0 Å². The molecule has 0 radical (unpaired) electrons. The highest BCUT2D eigenvalue weighted by molar-refractivity contribution is 5.49. The number of rotatable bonds is 4. The van der Waals surface area contributed by atoms with Crippen LogP contribution in [0.15, 0.2) is 12.1 Å². The molecule has 1 saturated heterocycles. The molecule has 0 spiro atoms. The summed E-state index contributed by atoms with van der Waals surface area (Å²) in [5, 5.41) is 10.9. The minimum Gasteiger partial charge on any atom is -0.493 e. The summed E-state index contributed by atoms with van der Waals surface area (Å²) in [6.07, 6.45) is -4.29. The summed E-state index contributed by atoms with van der Waals surface area (Å²) in [6.45, 7) is -1.86. The average Bonchev–Trinajstić information content (AvgIpc) is 2.64. The van der Waals surface area contributed by atoms with Gasteiger partial charge in [-0.25, -0.2) is 0 Å². The predicted molar refractivity (Wildman–Crippen MR) is 91.1 cm³/mol. The van der Waals surface area contributed by atoms with E-state index >= 15 is 0 Å². The van der Waals surface area contributed by atoms with Crippen molar-refractivity contribution in [2.24, 2.45) is 11.8 Å². The van der Waals surface area contributed by atoms with Crippen LogP contribution in [0.2, 0.25) is 0 Å². The van der Waals surface area contributed by atoms with Gasteiger partial charge in [0, 0.05) is 27.3 Å². The fraction of sp³-hybridized carbons (Fsp3) is 0.684. The van der Waals surface area contributed by atoms with Gasteiger partial charge in [-0.1, -0.05) is 13.8 Å². The van der Waals surface area contributed by atoms with Crippen molar-refractivity contribution in [1.82, 2.24) is 4.90 Å². The summed E-state index contributed by atoms with van der Waals surface area (Å²) in [4.78, 5) is 0.700. The third-order valence-electron chi connectivity index (χ3n) is 4.17. The first-order valence-corrected chi connectivity index (χ1v) is 7.68. The summed E-state index contributed by atoms with van der Waals surface area (Å²) < 4.78 is 102. The molecule has 1 fully saturated rings. The van der Waals surface area contributed by atoms with Gasteiger partial charge in [0.05, 0.1) is 27.1 Å². The van der Waals surface area contributed by atoms with Gasteiger partial charge in [0.15, 0.2) is 11.5 Å². The lowest BCUT2D eigenvalue weighted by Crippen LogP contribution is -2.48. The zero-order chi connectivity index (χ0) is 26.2. The van der Waals surface area contributed by atoms with Crippen LogP contribution in [0.1, 0.15) is 58.9 Å². The fourth-order valence-electron chi connectivity index (χ4n) is 3.09. The average molecular weight is 331 g/mol. The lowest BCUT2D eigenvalue weighted by atomic mass is 9.79. The second kappa shape index (κ2) is 6.70. The topological polar surface area (TPSA) is 41.9 Å². The second-order valence-corrected chi connectivity index (χ2v) is 6.29. The largest absolute Gasteiger partial charge is 0.493 e. The van der Waals surface area contributed by atoms with Crippen LogP contribution in [0.3, 0.4) is 0 Å². The van der Waals surface area contributed by atoms with Crippen molar-refractivity contribution in [1.29, 1.82) is 0 Å². The minimum atomic E-state index is -3.03. The van der Waals surface area contributed by atoms with Crippen molar-refractivity contribution in [2.45, 2.75) is 45.2 Å². The number of aliphatic hydroxyl groups is 1. The molecule has 1 aromatic carbocycles. The molecule has 128 valence electrons. The Hall–Kier alpha value is -1.26. The summed E-state index contributed by atoms with van der Waals surface area (Å²) in [7, 11) is -1.95. The van der Waals surface area contributed by atoms with Gasteiger partial charge in [-0.3, -0.25) is 4.90 Å². The summed E-state index contributed by atoms with van der Waals surface area (Å²) in [6, 6.07) is -2.71. The van der Waals surface area contributed by atoms with E-state index in [1.54, 1.807) is 0 Å². The van der Waals surface area contributed by atoms with E-state index in [0.717, 1.165) is 7.11 Å². The van der Waals surface area contributed by atoms with Crippen molar-refractivity contribution < 1.29 is 29.7 Å². The van der Waals surface area contributed by atoms with Crippen LogP contribution in [0, 0.1) is 11.8 Å². The highest BCUT2D eigenvalue weighted by Crippen LogP contribution is 2.43. The zero-order valence-corrected chi connectivity index (χ0v) is 13.4. The van der Waals surface area contributed by atoms with Crippen molar-refractivity contribution in [2.75, 3.05) is 27.1 Å². The number of hydrogen-bond acceptors (Lipinski definition) is 4. The first-order chi connectivity index (χ1) is 15.3. The number of nitrogens with zero attached hydrogens (tertiary/aromatic N) is 1. The second-order valence-electron chi connectivity index (χ2n) is 6.29. The van der Waals surface area contributed by atoms with Crippen LogP contribution < -0.4 is 9.47 Å². The SMILES string of the molecule is [2H]c1c(OC([2H])([2H])[2H])c(OC)c([2H])c2c1C1CC(O)C(CC(C)C)C([2H])([2H])N1C([2H])([2H])C2([2H])[2H]. The van der Waals surface area contributed by atoms with Crippen LogP contribution in [-0.4, -0.2) is 43.3 Å². The van der Waals surface area contributed by atoms with Crippen LogP contribution in [0.5, 0.6) is 11.5 Å². The van der Waals surface area contributed by atoms with Gasteiger partial charge in [-0.2, -0.15) is 0 Å². The van der Waals surface area contributed by atoms with E-state index in [4.69, 9.17) is 24.6 Å². The number of methoxy groups -OCH3 is 2. The zero-order valence-electron chi connectivity index (χ0n) is 24.4. The molecule has 3 atom stereocenters. The van der Waals surface area contributed by atoms with Gasteiger partial charge < -0.3 is 14.6 Å². The maximum Gasteiger partial charge on any atom is 0.161 e. The van der Waals surface area contributed by atoms with Crippen LogP contribution in [-0.2, 0) is 6.37 Å². The molecule has 23 heavy (non-hydrogen) atoms. The van der Waals surface area contributed by atoms with Gasteiger partial charge in [0.1, 0.15) is 0 Å². The lowest BCUT2D eigenvalue weighted by molar-refractivity contribution is -0.0191. The summed E-state index contributed by atoms with van der Waals surface area (Å²) >= 11 is 0. The lowest BCUT2D eigenvalue weighted by Gasteiger charge is -2.46. The Bertz CT molecular complexity index is 964. The monoisotopic (exact) mass is 330 g/mol. The normalized spacial score (nSPS) is 41.6. The molecule has 4 heteroatoms. The Balaban J connectivity index is 2.38. The van der Waals surface area contributed by atoms with Gasteiger partial charge in [-0.15, -0.1) is 0 Å². The first-order valence-electron chi connectivity index (χ1n) is 13.2. The van der Waals surface area contributed by atoms with Crippen molar-refractivity contribution in [3.8, 4) is 11.5 Å². The molecule has 0 bridgehead atoms. The van der Waals surface area contributed by atoms with E-state index in [0.29, 0.717) is 4.90 Å². The highest BCUT2D eigenvalue weighted by atomic mass is 16.5. The summed E-state index contributed by atoms with van der Waals surface area (Å²) in [5.41, 5.74) is -0.847. The molecule has 0 amide bonds. The Morgan fingerprint density at radius 3 is 2.91 bits per heavy atom. The molecule has 2 aliphatic rings. The Kier molecular flexibility index (Phi) is 2.26. The third kappa shape index (κ3) is 3.20. The van der Waals surface area contributed by atoms with E-state index in [1.807, 2.05) is 13.8 Å². The Morgan fingerprint density at radius 2 is 2.22 bits per heavy atom. The van der Waals surface area contributed by atoms with Gasteiger partial charge in [0.25, 0.3) is 0 Å². The quantitative estimate of drug-likeness (QED) is 0.921. The van der Waals surface area contributed by atoms with Crippen LogP contribution in [0.4, 0.5) is 0 Å². The number of benzene rings is 1. The highest BCUT2D eigenvalue weighted by Gasteiger charge is 2.38.